The Kier molecular flexibility index (Phi) is 13.8. The summed E-state index contributed by atoms with van der Waals surface area (Å²) in [5.41, 5.74) is -0.403. The van der Waals surface area contributed by atoms with Gasteiger partial charge in [0.2, 0.25) is 0 Å². The van der Waals surface area contributed by atoms with Gasteiger partial charge in [0.1, 0.15) is 0 Å². The zero-order valence-electron chi connectivity index (χ0n) is 9.93. The fourth-order valence-electron chi connectivity index (χ4n) is 0.0702. The van der Waals surface area contributed by atoms with Crippen LogP contribution >= 0.6 is 0 Å². The summed E-state index contributed by atoms with van der Waals surface area (Å²) in [4.78, 5) is 3.94. The second-order valence-corrected chi connectivity index (χ2v) is 5.18. The zero-order valence-corrected chi connectivity index (χ0v) is 11.6. The molecule has 0 bridgehead atoms. The molecule has 116 valence electrons. The highest BCUT2D eigenvalue weighted by molar-refractivity contribution is 7.83. The zero-order chi connectivity index (χ0) is 13.6. The molecular formula is C4H18N2O10S2. The van der Waals surface area contributed by atoms with E-state index in [0.717, 1.165) is 0 Å². The first kappa shape index (κ1) is 26.2. The third-order valence-corrected chi connectivity index (χ3v) is 1.04. The molecule has 0 atom stereocenters. The molecule has 18 heavy (non-hydrogen) atoms. The fourth-order valence-corrected chi connectivity index (χ4v) is 0.632. The Labute approximate surface area is 105 Å². The van der Waals surface area contributed by atoms with Crippen molar-refractivity contribution in [1.82, 2.24) is 12.3 Å². The van der Waals surface area contributed by atoms with Gasteiger partial charge in [-0.1, -0.05) is 8.67 Å². The second kappa shape index (κ2) is 9.50. The lowest BCUT2D eigenvalue weighted by atomic mass is 10.2. The van der Waals surface area contributed by atoms with Gasteiger partial charge < -0.3 is 12.3 Å². The molecular weight excluding hydrogens is 300 g/mol. The highest BCUT2D eigenvalue weighted by atomic mass is 32.3. The van der Waals surface area contributed by atoms with E-state index in [-0.39, 0.29) is 12.3 Å². The van der Waals surface area contributed by atoms with Crippen molar-refractivity contribution in [3.8, 4) is 0 Å². The molecule has 0 saturated heterocycles. The van der Waals surface area contributed by atoms with Gasteiger partial charge in [-0.2, -0.15) is 16.8 Å². The molecule has 0 aliphatic heterocycles. The van der Waals surface area contributed by atoms with Crippen LogP contribution in [0.4, 0.5) is 0 Å². The summed E-state index contributed by atoms with van der Waals surface area (Å²) < 4.78 is 58.9. The molecule has 0 unspecified atom stereocenters. The molecule has 9 N–H and O–H groups in total. The highest BCUT2D eigenvalue weighted by Gasteiger charge is 2.13. The first-order valence-electron chi connectivity index (χ1n) is 3.42. The predicted molar refractivity (Wildman–Crippen MR) is 58.8 cm³/mol. The van der Waals surface area contributed by atoms with Crippen molar-refractivity contribution in [2.24, 2.45) is 0 Å². The molecule has 0 rings (SSSR count). The maximum absolute atomic E-state index is 9.51. The van der Waals surface area contributed by atoms with Crippen molar-refractivity contribution in [2.75, 3.05) is 0 Å². The van der Waals surface area contributed by atoms with Crippen LogP contribution in [-0.2, 0) is 34.4 Å². The summed E-state index contributed by atoms with van der Waals surface area (Å²) in [5.74, 6) is 0. The van der Waals surface area contributed by atoms with Crippen molar-refractivity contribution in [3.05, 3.63) is 0 Å². The molecule has 12 nitrogen and oxygen atoms in total. The number of hydrogen-bond donors (Lipinski definition) is 5. The van der Waals surface area contributed by atoms with E-state index >= 15 is 0 Å². The standard InChI is InChI=1S/C4H10O2.2H3N.H2O8S2/c1-4(2,3)6-5;;;1-9(2,3)7-8-10(4,5)6/h5H,1-3H3;2*1H3;(H,1,2,3)(H,4,5,6). The van der Waals surface area contributed by atoms with Crippen molar-refractivity contribution in [1.29, 1.82) is 0 Å². The summed E-state index contributed by atoms with van der Waals surface area (Å²) >= 11 is 0. The van der Waals surface area contributed by atoms with Crippen molar-refractivity contribution >= 4 is 20.8 Å². The summed E-state index contributed by atoms with van der Waals surface area (Å²) in [5, 5.41) is 7.90. The average molecular weight is 318 g/mol. The third kappa shape index (κ3) is 36.1. The first-order chi connectivity index (χ1) is 6.77. The maximum Gasteiger partial charge on any atom is 0.425 e. The first-order valence-corrected chi connectivity index (χ1v) is 6.15. The Morgan fingerprint density at radius 3 is 1.06 bits per heavy atom. The summed E-state index contributed by atoms with van der Waals surface area (Å²) in [6.45, 7) is 5.31. The SMILES string of the molecule is CC(C)(C)OO.N.N.O=S(=O)(O)OOS(=O)(=O)O. The molecule has 0 amide bonds. The monoisotopic (exact) mass is 318 g/mol. The lowest BCUT2D eigenvalue weighted by Crippen LogP contribution is -2.15. The minimum absolute atomic E-state index is 0. The number of hydrogen-bond acceptors (Lipinski definition) is 10. The Balaban J connectivity index is -0.000000108. The molecule has 0 aromatic rings. The molecule has 0 aromatic heterocycles. The van der Waals surface area contributed by atoms with Gasteiger partial charge in [-0.15, -0.1) is 0 Å². The summed E-state index contributed by atoms with van der Waals surface area (Å²) in [6, 6.07) is 0. The van der Waals surface area contributed by atoms with Gasteiger partial charge in [-0.05, 0) is 20.8 Å². The van der Waals surface area contributed by atoms with Gasteiger partial charge in [0, 0.05) is 0 Å². The van der Waals surface area contributed by atoms with Crippen LogP contribution in [0, 0.1) is 0 Å². The van der Waals surface area contributed by atoms with Crippen LogP contribution in [0.5, 0.6) is 0 Å². The van der Waals surface area contributed by atoms with Crippen molar-refractivity contribution in [3.63, 3.8) is 0 Å². The van der Waals surface area contributed by atoms with E-state index in [9.17, 15) is 16.8 Å². The van der Waals surface area contributed by atoms with E-state index < -0.39 is 26.4 Å². The van der Waals surface area contributed by atoms with E-state index in [2.05, 4.69) is 13.6 Å². The molecule has 0 fully saturated rings. The van der Waals surface area contributed by atoms with E-state index in [0.29, 0.717) is 0 Å². The fraction of sp³-hybridized carbons (Fsp3) is 1.00. The van der Waals surface area contributed by atoms with E-state index in [1.54, 1.807) is 20.8 Å². The summed E-state index contributed by atoms with van der Waals surface area (Å²) in [7, 11) is -10.0. The second-order valence-electron chi connectivity index (χ2n) is 3.20. The normalized spacial score (nSPS) is 11.4. The molecule has 0 heterocycles. The lowest BCUT2D eigenvalue weighted by molar-refractivity contribution is -0.306. The van der Waals surface area contributed by atoms with E-state index in [1.165, 1.54) is 0 Å². The van der Waals surface area contributed by atoms with Crippen LogP contribution < -0.4 is 12.3 Å². The van der Waals surface area contributed by atoms with Crippen LogP contribution in [0.15, 0.2) is 0 Å². The molecule has 0 aliphatic carbocycles. The van der Waals surface area contributed by atoms with Crippen molar-refractivity contribution in [2.45, 2.75) is 26.4 Å². The van der Waals surface area contributed by atoms with Gasteiger partial charge in [-0.25, -0.2) is 4.89 Å². The minimum Gasteiger partial charge on any atom is -0.344 e. The molecule has 0 aliphatic rings. The Morgan fingerprint density at radius 1 is 0.833 bits per heavy atom. The largest absolute Gasteiger partial charge is 0.425 e. The third-order valence-electron chi connectivity index (χ3n) is 0.474. The van der Waals surface area contributed by atoms with Crippen molar-refractivity contribution < 1.29 is 44.8 Å². The Hall–Kier alpha value is -0.420. The topological polar surface area (TPSA) is 227 Å². The Bertz CT molecular complexity index is 349. The van der Waals surface area contributed by atoms with E-state index in [1.807, 2.05) is 0 Å². The molecule has 0 radical (unpaired) electrons. The summed E-state index contributed by atoms with van der Waals surface area (Å²) in [6.07, 6.45) is 0. The smallest absolute Gasteiger partial charge is 0.344 e. The minimum atomic E-state index is -5.02. The average Bonchev–Trinajstić information content (AvgIpc) is 1.98. The van der Waals surface area contributed by atoms with Crippen LogP contribution in [0.2, 0.25) is 0 Å². The van der Waals surface area contributed by atoms with E-state index in [4.69, 9.17) is 14.4 Å². The van der Waals surface area contributed by atoms with Gasteiger partial charge in [0.15, 0.2) is 0 Å². The van der Waals surface area contributed by atoms with Gasteiger partial charge >= 0.3 is 20.8 Å². The van der Waals surface area contributed by atoms with Crippen LogP contribution in [-0.4, -0.2) is 36.8 Å². The van der Waals surface area contributed by atoms with Crippen LogP contribution in [0.3, 0.4) is 0 Å². The molecule has 0 spiro atoms. The van der Waals surface area contributed by atoms with Gasteiger partial charge in [0.25, 0.3) is 0 Å². The number of rotatable bonds is 3. The highest BCUT2D eigenvalue weighted by Crippen LogP contribution is 2.01. The van der Waals surface area contributed by atoms with Crippen LogP contribution in [0.25, 0.3) is 0 Å². The van der Waals surface area contributed by atoms with Gasteiger partial charge in [-0.3, -0.25) is 14.4 Å². The molecule has 0 saturated carbocycles. The lowest BCUT2D eigenvalue weighted by Gasteiger charge is -2.10. The molecule has 14 heteroatoms. The van der Waals surface area contributed by atoms with Gasteiger partial charge in [0.05, 0.1) is 5.60 Å². The Morgan fingerprint density at radius 2 is 1.00 bits per heavy atom. The quantitative estimate of drug-likeness (QED) is 0.266. The predicted octanol–water partition coefficient (Wildman–Crippen LogP) is 0.139. The maximum atomic E-state index is 9.51. The van der Waals surface area contributed by atoms with Crippen LogP contribution in [0.1, 0.15) is 20.8 Å². The molecule has 0 aromatic carbocycles.